The lowest BCUT2D eigenvalue weighted by Crippen LogP contribution is -2.04. The maximum absolute atomic E-state index is 4.46. The van der Waals surface area contributed by atoms with Gasteiger partial charge in [0.25, 0.3) is 0 Å². The van der Waals surface area contributed by atoms with Crippen molar-refractivity contribution in [2.75, 3.05) is 10.6 Å². The Morgan fingerprint density at radius 2 is 1.61 bits per heavy atom. The second-order valence-corrected chi connectivity index (χ2v) is 6.10. The summed E-state index contributed by atoms with van der Waals surface area (Å²) in [5.41, 5.74) is 4.22. The fourth-order valence-electron chi connectivity index (χ4n) is 2.22. The van der Waals surface area contributed by atoms with Crippen LogP contribution in [0.1, 0.15) is 11.1 Å². The topological polar surface area (TPSA) is 62.7 Å². The molecule has 3 aromatic rings. The highest BCUT2D eigenvalue weighted by Crippen LogP contribution is 2.23. The SMILES string of the molecule is Cc1cccc(C)c1Nc1nncc(Nc2ccc(Br)cc2)n1. The van der Waals surface area contributed by atoms with Crippen molar-refractivity contribution in [1.82, 2.24) is 15.2 Å². The minimum Gasteiger partial charge on any atom is -0.339 e. The lowest BCUT2D eigenvalue weighted by Gasteiger charge is -2.11. The lowest BCUT2D eigenvalue weighted by atomic mass is 10.1. The second-order valence-electron chi connectivity index (χ2n) is 5.19. The number of nitrogens with zero attached hydrogens (tertiary/aromatic N) is 3. The molecule has 0 saturated carbocycles. The van der Waals surface area contributed by atoms with E-state index in [0.29, 0.717) is 11.8 Å². The summed E-state index contributed by atoms with van der Waals surface area (Å²) >= 11 is 3.42. The van der Waals surface area contributed by atoms with E-state index in [9.17, 15) is 0 Å². The average molecular weight is 370 g/mol. The van der Waals surface area contributed by atoms with Crippen LogP contribution in [0.2, 0.25) is 0 Å². The van der Waals surface area contributed by atoms with Crippen molar-refractivity contribution < 1.29 is 0 Å². The van der Waals surface area contributed by atoms with Crippen LogP contribution in [0.5, 0.6) is 0 Å². The third kappa shape index (κ3) is 3.84. The Balaban J connectivity index is 1.81. The van der Waals surface area contributed by atoms with Gasteiger partial charge in [-0.25, -0.2) is 0 Å². The predicted molar refractivity (Wildman–Crippen MR) is 96.5 cm³/mol. The molecule has 3 rings (SSSR count). The number of benzene rings is 2. The van der Waals surface area contributed by atoms with Crippen LogP contribution in [0, 0.1) is 13.8 Å². The predicted octanol–water partition coefficient (Wildman–Crippen LogP) is 4.74. The fourth-order valence-corrected chi connectivity index (χ4v) is 2.49. The number of rotatable bonds is 4. The zero-order valence-corrected chi connectivity index (χ0v) is 14.4. The molecular weight excluding hydrogens is 354 g/mol. The number of anilines is 4. The van der Waals surface area contributed by atoms with Gasteiger partial charge in [0.05, 0.1) is 6.20 Å². The molecule has 0 fully saturated rings. The summed E-state index contributed by atoms with van der Waals surface area (Å²) in [7, 11) is 0. The van der Waals surface area contributed by atoms with E-state index in [2.05, 4.69) is 41.7 Å². The van der Waals surface area contributed by atoms with E-state index in [1.54, 1.807) is 6.20 Å². The summed E-state index contributed by atoms with van der Waals surface area (Å²) in [5.74, 6) is 1.10. The molecule has 116 valence electrons. The normalized spacial score (nSPS) is 10.4. The van der Waals surface area contributed by atoms with Crippen LogP contribution < -0.4 is 10.6 Å². The average Bonchev–Trinajstić information content (AvgIpc) is 2.54. The molecule has 23 heavy (non-hydrogen) atoms. The van der Waals surface area contributed by atoms with Gasteiger partial charge in [0.1, 0.15) is 0 Å². The zero-order valence-electron chi connectivity index (χ0n) is 12.8. The molecule has 0 saturated heterocycles. The van der Waals surface area contributed by atoms with Gasteiger partial charge < -0.3 is 10.6 Å². The Kier molecular flexibility index (Phi) is 4.52. The molecule has 0 radical (unpaired) electrons. The largest absolute Gasteiger partial charge is 0.339 e. The molecule has 0 aliphatic rings. The fraction of sp³-hybridized carbons (Fsp3) is 0.118. The van der Waals surface area contributed by atoms with Crippen LogP contribution in [0.15, 0.2) is 53.1 Å². The van der Waals surface area contributed by atoms with E-state index in [1.807, 2.05) is 56.3 Å². The number of hydrogen-bond acceptors (Lipinski definition) is 5. The van der Waals surface area contributed by atoms with Gasteiger partial charge >= 0.3 is 0 Å². The molecule has 5 nitrogen and oxygen atoms in total. The van der Waals surface area contributed by atoms with E-state index in [0.717, 1.165) is 27.0 Å². The van der Waals surface area contributed by atoms with Crippen LogP contribution in [-0.2, 0) is 0 Å². The smallest absolute Gasteiger partial charge is 0.249 e. The second kappa shape index (κ2) is 6.75. The van der Waals surface area contributed by atoms with Gasteiger partial charge in [0.15, 0.2) is 5.82 Å². The van der Waals surface area contributed by atoms with Crippen molar-refractivity contribution in [1.29, 1.82) is 0 Å². The highest BCUT2D eigenvalue weighted by atomic mass is 79.9. The molecule has 6 heteroatoms. The molecule has 1 aromatic heterocycles. The van der Waals surface area contributed by atoms with Gasteiger partial charge in [0, 0.05) is 15.8 Å². The highest BCUT2D eigenvalue weighted by molar-refractivity contribution is 9.10. The van der Waals surface area contributed by atoms with Crippen LogP contribution in [0.25, 0.3) is 0 Å². The summed E-state index contributed by atoms with van der Waals surface area (Å²) < 4.78 is 1.03. The summed E-state index contributed by atoms with van der Waals surface area (Å²) in [6.45, 7) is 4.10. The summed E-state index contributed by atoms with van der Waals surface area (Å²) in [6.07, 6.45) is 1.60. The Morgan fingerprint density at radius 3 is 2.30 bits per heavy atom. The molecule has 0 unspecified atom stereocenters. The first-order chi connectivity index (χ1) is 11.1. The van der Waals surface area contributed by atoms with Crippen molar-refractivity contribution in [2.24, 2.45) is 0 Å². The molecule has 0 bridgehead atoms. The van der Waals surface area contributed by atoms with E-state index in [4.69, 9.17) is 0 Å². The number of para-hydroxylation sites is 1. The zero-order chi connectivity index (χ0) is 16.2. The third-order valence-corrected chi connectivity index (χ3v) is 3.92. The van der Waals surface area contributed by atoms with Crippen LogP contribution in [-0.4, -0.2) is 15.2 Å². The molecule has 0 aliphatic carbocycles. The van der Waals surface area contributed by atoms with Gasteiger partial charge in [-0.1, -0.05) is 34.1 Å². The number of aryl methyl sites for hydroxylation is 2. The van der Waals surface area contributed by atoms with Gasteiger partial charge in [-0.05, 0) is 49.2 Å². The highest BCUT2D eigenvalue weighted by Gasteiger charge is 2.06. The lowest BCUT2D eigenvalue weighted by molar-refractivity contribution is 0.981. The van der Waals surface area contributed by atoms with Crippen LogP contribution in [0.4, 0.5) is 23.1 Å². The number of halogens is 1. The first-order valence-electron chi connectivity index (χ1n) is 7.17. The number of hydrogen-bond donors (Lipinski definition) is 2. The Labute approximate surface area is 143 Å². The molecule has 0 atom stereocenters. The molecule has 1 heterocycles. The van der Waals surface area contributed by atoms with Crippen molar-refractivity contribution >= 4 is 39.1 Å². The van der Waals surface area contributed by atoms with Gasteiger partial charge in [-0.2, -0.15) is 10.1 Å². The van der Waals surface area contributed by atoms with Crippen molar-refractivity contribution in [3.63, 3.8) is 0 Å². The summed E-state index contributed by atoms with van der Waals surface area (Å²) in [4.78, 5) is 4.46. The number of nitrogens with one attached hydrogen (secondary N) is 2. The Hall–Kier alpha value is -2.47. The van der Waals surface area contributed by atoms with Crippen LogP contribution >= 0.6 is 15.9 Å². The molecule has 0 spiro atoms. The van der Waals surface area contributed by atoms with Gasteiger partial charge in [0.2, 0.25) is 5.95 Å². The maximum Gasteiger partial charge on any atom is 0.249 e. The minimum absolute atomic E-state index is 0.463. The van der Waals surface area contributed by atoms with Crippen molar-refractivity contribution in [3.05, 3.63) is 64.3 Å². The number of aromatic nitrogens is 3. The van der Waals surface area contributed by atoms with Gasteiger partial charge in [-0.3, -0.25) is 0 Å². The molecular formula is C17H16BrN5. The van der Waals surface area contributed by atoms with E-state index in [-0.39, 0.29) is 0 Å². The van der Waals surface area contributed by atoms with Gasteiger partial charge in [-0.15, -0.1) is 5.10 Å². The van der Waals surface area contributed by atoms with E-state index < -0.39 is 0 Å². The summed E-state index contributed by atoms with van der Waals surface area (Å²) in [6, 6.07) is 14.0. The Morgan fingerprint density at radius 1 is 0.913 bits per heavy atom. The monoisotopic (exact) mass is 369 g/mol. The minimum atomic E-state index is 0.463. The molecule has 2 N–H and O–H groups in total. The first-order valence-corrected chi connectivity index (χ1v) is 7.97. The summed E-state index contributed by atoms with van der Waals surface area (Å²) in [5, 5.41) is 14.5. The maximum atomic E-state index is 4.46. The quantitative estimate of drug-likeness (QED) is 0.695. The van der Waals surface area contributed by atoms with Crippen LogP contribution in [0.3, 0.4) is 0 Å². The standard InChI is InChI=1S/C17H16BrN5/c1-11-4-3-5-12(2)16(11)22-17-21-15(10-19-23-17)20-14-8-6-13(18)7-9-14/h3-10H,1-2H3,(H2,20,21,22,23). The first kappa shape index (κ1) is 15.4. The van der Waals surface area contributed by atoms with E-state index in [1.165, 1.54) is 0 Å². The third-order valence-electron chi connectivity index (χ3n) is 3.39. The molecule has 0 aliphatic heterocycles. The molecule has 0 amide bonds. The molecule has 2 aromatic carbocycles. The van der Waals surface area contributed by atoms with Crippen molar-refractivity contribution in [3.8, 4) is 0 Å². The van der Waals surface area contributed by atoms with E-state index >= 15 is 0 Å². The Bertz CT molecular complexity index is 797. The van der Waals surface area contributed by atoms with Crippen molar-refractivity contribution in [2.45, 2.75) is 13.8 Å².